The number of hydrogen-bond donors (Lipinski definition) is 1. The van der Waals surface area contributed by atoms with Gasteiger partial charge in [-0.05, 0) is 31.4 Å². The average molecular weight is 272 g/mol. The maximum Gasteiger partial charge on any atom is 0.147 e. The molecular formula is C12H15Cl2N3. The second-order valence-corrected chi connectivity index (χ2v) is 5.58. The van der Waals surface area contributed by atoms with Gasteiger partial charge < -0.3 is 10.2 Å². The number of nitrogens with one attached hydrogen (secondary N) is 1. The van der Waals surface area contributed by atoms with E-state index in [0.717, 1.165) is 31.2 Å². The van der Waals surface area contributed by atoms with E-state index >= 15 is 0 Å². The van der Waals surface area contributed by atoms with Gasteiger partial charge in [-0.25, -0.2) is 4.98 Å². The number of aromatic nitrogens is 1. The van der Waals surface area contributed by atoms with Crippen molar-refractivity contribution in [2.75, 3.05) is 24.5 Å². The molecule has 2 aliphatic rings. The molecule has 2 fully saturated rings. The van der Waals surface area contributed by atoms with Crippen LogP contribution in [0.5, 0.6) is 0 Å². The summed E-state index contributed by atoms with van der Waals surface area (Å²) in [6.07, 6.45) is 4.29. The predicted octanol–water partition coefficient (Wildman–Crippen LogP) is 2.58. The molecular weight excluding hydrogens is 257 g/mol. The Morgan fingerprint density at radius 2 is 2.24 bits per heavy atom. The monoisotopic (exact) mass is 271 g/mol. The Hall–Kier alpha value is -0.510. The maximum atomic E-state index is 6.01. The molecule has 5 heteroatoms. The van der Waals surface area contributed by atoms with Gasteiger partial charge in [0.05, 0.1) is 16.9 Å². The molecule has 0 saturated carbocycles. The number of hydrogen-bond acceptors (Lipinski definition) is 3. The van der Waals surface area contributed by atoms with Gasteiger partial charge in [-0.3, -0.25) is 0 Å². The molecule has 1 N–H and O–H groups in total. The van der Waals surface area contributed by atoms with Crippen molar-refractivity contribution < 1.29 is 0 Å². The smallest absolute Gasteiger partial charge is 0.147 e. The van der Waals surface area contributed by atoms with Crippen LogP contribution >= 0.6 is 23.2 Å². The van der Waals surface area contributed by atoms with Gasteiger partial charge in [0, 0.05) is 19.1 Å². The van der Waals surface area contributed by atoms with E-state index in [0.29, 0.717) is 16.2 Å². The maximum absolute atomic E-state index is 6.01. The van der Waals surface area contributed by atoms with Crippen molar-refractivity contribution in [1.29, 1.82) is 0 Å². The van der Waals surface area contributed by atoms with E-state index in [4.69, 9.17) is 23.2 Å². The Kier molecular flexibility index (Phi) is 3.16. The van der Waals surface area contributed by atoms with E-state index in [2.05, 4.69) is 15.2 Å². The zero-order valence-corrected chi connectivity index (χ0v) is 11.0. The van der Waals surface area contributed by atoms with Crippen LogP contribution in [0.15, 0.2) is 12.3 Å². The van der Waals surface area contributed by atoms with Gasteiger partial charge in [0.1, 0.15) is 5.15 Å². The van der Waals surface area contributed by atoms with Crippen molar-refractivity contribution in [2.24, 2.45) is 5.92 Å². The van der Waals surface area contributed by atoms with E-state index in [1.165, 1.54) is 12.8 Å². The van der Waals surface area contributed by atoms with Gasteiger partial charge >= 0.3 is 0 Å². The minimum atomic E-state index is 0.382. The van der Waals surface area contributed by atoms with Gasteiger partial charge in [-0.2, -0.15) is 0 Å². The van der Waals surface area contributed by atoms with Gasteiger partial charge in [0.2, 0.25) is 0 Å². The van der Waals surface area contributed by atoms with E-state index in [9.17, 15) is 0 Å². The zero-order chi connectivity index (χ0) is 11.8. The first kappa shape index (κ1) is 11.6. The lowest BCUT2D eigenvalue weighted by atomic mass is 9.93. The first-order valence-electron chi connectivity index (χ1n) is 6.03. The van der Waals surface area contributed by atoms with Gasteiger partial charge in [-0.15, -0.1) is 0 Å². The summed E-state index contributed by atoms with van der Waals surface area (Å²) in [6, 6.07) is 2.63. The molecule has 2 aliphatic heterocycles. The van der Waals surface area contributed by atoms with Crippen molar-refractivity contribution in [3.63, 3.8) is 0 Å². The summed E-state index contributed by atoms with van der Waals surface area (Å²) in [6.45, 7) is 3.31. The topological polar surface area (TPSA) is 28.2 Å². The van der Waals surface area contributed by atoms with Gasteiger partial charge in [0.15, 0.2) is 0 Å². The third kappa shape index (κ3) is 2.24. The molecule has 3 nitrogen and oxygen atoms in total. The third-order valence-electron chi connectivity index (χ3n) is 3.80. The molecule has 1 aromatic rings. The first-order chi connectivity index (χ1) is 8.24. The minimum absolute atomic E-state index is 0.382. The summed E-state index contributed by atoms with van der Waals surface area (Å²) in [5, 5.41) is 4.48. The number of rotatable bonds is 1. The molecule has 3 rings (SSSR count). The van der Waals surface area contributed by atoms with E-state index < -0.39 is 0 Å². The molecule has 1 aromatic heterocycles. The van der Waals surface area contributed by atoms with Crippen LogP contribution in [-0.2, 0) is 0 Å². The number of fused-ring (bicyclic) bond motifs is 1. The molecule has 0 unspecified atom stereocenters. The largest absolute Gasteiger partial charge is 0.370 e. The molecule has 92 valence electrons. The predicted molar refractivity (Wildman–Crippen MR) is 71.0 cm³/mol. The van der Waals surface area contributed by atoms with Crippen LogP contribution < -0.4 is 10.2 Å². The number of anilines is 1. The van der Waals surface area contributed by atoms with E-state index in [-0.39, 0.29) is 0 Å². The van der Waals surface area contributed by atoms with Crippen molar-refractivity contribution in [1.82, 2.24) is 10.3 Å². The van der Waals surface area contributed by atoms with Crippen LogP contribution in [0.1, 0.15) is 12.8 Å². The highest BCUT2D eigenvalue weighted by Crippen LogP contribution is 2.30. The quantitative estimate of drug-likeness (QED) is 0.796. The fourth-order valence-corrected chi connectivity index (χ4v) is 3.13. The molecule has 0 spiro atoms. The number of pyridine rings is 1. The first-order valence-corrected chi connectivity index (χ1v) is 6.79. The van der Waals surface area contributed by atoms with Crippen molar-refractivity contribution >= 4 is 28.9 Å². The van der Waals surface area contributed by atoms with Crippen molar-refractivity contribution in [3.05, 3.63) is 22.4 Å². The zero-order valence-electron chi connectivity index (χ0n) is 9.50. The molecule has 0 aliphatic carbocycles. The third-order valence-corrected chi connectivity index (χ3v) is 4.49. The van der Waals surface area contributed by atoms with Crippen LogP contribution in [-0.4, -0.2) is 30.7 Å². The molecule has 17 heavy (non-hydrogen) atoms. The van der Waals surface area contributed by atoms with Crippen LogP contribution in [0.25, 0.3) is 0 Å². The summed E-state index contributed by atoms with van der Waals surface area (Å²) >= 11 is 11.8. The van der Waals surface area contributed by atoms with E-state index in [1.54, 1.807) is 0 Å². The Morgan fingerprint density at radius 1 is 1.35 bits per heavy atom. The molecule has 0 bridgehead atoms. The summed E-state index contributed by atoms with van der Waals surface area (Å²) in [5.74, 6) is 0.762. The Balaban J connectivity index is 1.78. The second-order valence-electron chi connectivity index (χ2n) is 4.81. The standard InChI is InChI=1S/C12H15Cl2N3/c13-10-5-9(6-16-12(10)14)17-4-2-11-8(7-17)1-3-15-11/h5-6,8,11,15H,1-4,7H2/t8-,11+/m1/s1. The molecule has 0 radical (unpaired) electrons. The molecule has 2 atom stereocenters. The highest BCUT2D eigenvalue weighted by atomic mass is 35.5. The van der Waals surface area contributed by atoms with Crippen LogP contribution in [0, 0.1) is 5.92 Å². The minimum Gasteiger partial charge on any atom is -0.370 e. The van der Waals surface area contributed by atoms with E-state index in [1.807, 2.05) is 12.3 Å². The lowest BCUT2D eigenvalue weighted by molar-refractivity contribution is 0.376. The lowest BCUT2D eigenvalue weighted by Crippen LogP contribution is -2.44. The fraction of sp³-hybridized carbons (Fsp3) is 0.583. The summed E-state index contributed by atoms with van der Waals surface area (Å²) in [7, 11) is 0. The summed E-state index contributed by atoms with van der Waals surface area (Å²) in [5.41, 5.74) is 1.09. The normalized spacial score (nSPS) is 28.2. The Labute approximate surface area is 111 Å². The molecule has 3 heterocycles. The Morgan fingerprint density at radius 3 is 3.06 bits per heavy atom. The highest BCUT2D eigenvalue weighted by Gasteiger charge is 2.32. The van der Waals surface area contributed by atoms with Crippen molar-refractivity contribution in [3.8, 4) is 0 Å². The van der Waals surface area contributed by atoms with Crippen LogP contribution in [0.3, 0.4) is 0 Å². The molecule has 0 aromatic carbocycles. The molecule has 0 amide bonds. The molecule has 2 saturated heterocycles. The van der Waals surface area contributed by atoms with Crippen LogP contribution in [0.2, 0.25) is 10.2 Å². The number of nitrogens with zero attached hydrogens (tertiary/aromatic N) is 2. The number of piperidine rings is 1. The summed E-state index contributed by atoms with van der Waals surface area (Å²) < 4.78 is 0. The van der Waals surface area contributed by atoms with Crippen LogP contribution in [0.4, 0.5) is 5.69 Å². The SMILES string of the molecule is Clc1cc(N2CC[C@@H]3NCC[C@@H]3C2)cnc1Cl. The summed E-state index contributed by atoms with van der Waals surface area (Å²) in [4.78, 5) is 6.48. The number of halogens is 2. The van der Waals surface area contributed by atoms with Gasteiger partial charge in [0.25, 0.3) is 0 Å². The van der Waals surface area contributed by atoms with Crippen molar-refractivity contribution in [2.45, 2.75) is 18.9 Å². The highest BCUT2D eigenvalue weighted by molar-refractivity contribution is 6.41. The Bertz CT molecular complexity index is 424. The fourth-order valence-electron chi connectivity index (χ4n) is 2.87. The lowest BCUT2D eigenvalue weighted by Gasteiger charge is -2.36. The van der Waals surface area contributed by atoms with Gasteiger partial charge in [-0.1, -0.05) is 23.2 Å². The second kappa shape index (κ2) is 4.63. The average Bonchev–Trinajstić information content (AvgIpc) is 2.79.